The number of alkyl halides is 2. The number of anilines is 1. The number of piperidine rings is 2. The summed E-state index contributed by atoms with van der Waals surface area (Å²) in [4.78, 5) is 78.1. The van der Waals surface area contributed by atoms with Crippen molar-refractivity contribution in [2.45, 2.75) is 89.5 Å². The van der Waals surface area contributed by atoms with E-state index in [-0.39, 0.29) is 41.4 Å². The van der Waals surface area contributed by atoms with E-state index in [0.29, 0.717) is 93.8 Å². The number of imide groups is 1. The molecule has 8 rings (SSSR count). The van der Waals surface area contributed by atoms with Crippen LogP contribution in [-0.2, 0) is 39.2 Å². The fraction of sp³-hybridized carbons (Fsp3) is 0.542. The van der Waals surface area contributed by atoms with Gasteiger partial charge in [0.05, 0.1) is 11.0 Å². The molecule has 4 amide bonds. The first-order valence-electron chi connectivity index (χ1n) is 23.6. The van der Waals surface area contributed by atoms with Gasteiger partial charge in [0.15, 0.2) is 0 Å². The van der Waals surface area contributed by atoms with Crippen molar-refractivity contribution < 1.29 is 28.0 Å². The van der Waals surface area contributed by atoms with Crippen molar-refractivity contribution >= 4 is 52.1 Å². The lowest BCUT2D eigenvalue weighted by molar-refractivity contribution is -0.136. The average molecular weight is 927 g/mol. The molecule has 2 atom stereocenters. The van der Waals surface area contributed by atoms with Gasteiger partial charge >= 0.3 is 5.69 Å². The fourth-order valence-electron chi connectivity index (χ4n) is 10.5. The summed E-state index contributed by atoms with van der Waals surface area (Å²) in [5, 5.41) is 6.13. The summed E-state index contributed by atoms with van der Waals surface area (Å²) in [5.41, 5.74) is 19.2. The lowest BCUT2D eigenvalue weighted by atomic mass is 9.91. The van der Waals surface area contributed by atoms with Gasteiger partial charge in [-0.2, -0.15) is 0 Å². The molecular formula is C48H64F2N12O5. The summed E-state index contributed by atoms with van der Waals surface area (Å²) in [6.45, 7) is 9.02. The third kappa shape index (κ3) is 10.2. The molecule has 0 radical (unpaired) electrons. The molecule has 5 aliphatic heterocycles. The van der Waals surface area contributed by atoms with E-state index in [1.807, 2.05) is 28.0 Å². The Morgan fingerprint density at radius 1 is 0.925 bits per heavy atom. The number of piperazine rings is 1. The van der Waals surface area contributed by atoms with Crippen molar-refractivity contribution in [2.75, 3.05) is 77.4 Å². The number of aryl methyl sites for hydroxylation is 2. The van der Waals surface area contributed by atoms with E-state index in [1.165, 1.54) is 23.0 Å². The Morgan fingerprint density at radius 2 is 1.67 bits per heavy atom. The Labute approximate surface area is 389 Å². The number of hydrogen-bond acceptors (Lipinski definition) is 12. The number of hydrogen-bond donors (Lipinski definition) is 4. The summed E-state index contributed by atoms with van der Waals surface area (Å²) in [5.74, 6) is -0.675. The van der Waals surface area contributed by atoms with Gasteiger partial charge in [0.2, 0.25) is 23.6 Å². The van der Waals surface area contributed by atoms with Gasteiger partial charge in [0, 0.05) is 159 Å². The van der Waals surface area contributed by atoms with Crippen molar-refractivity contribution in [3.05, 3.63) is 80.5 Å². The quantitative estimate of drug-likeness (QED) is 0.145. The van der Waals surface area contributed by atoms with Crippen molar-refractivity contribution in [1.29, 1.82) is 0 Å². The zero-order valence-electron chi connectivity index (χ0n) is 38.8. The van der Waals surface area contributed by atoms with Crippen LogP contribution in [0.3, 0.4) is 0 Å². The number of carbonyl (C=O) groups is 4. The number of aliphatic imine (C=N–C) groups is 1. The number of aromatic nitrogens is 2. The lowest BCUT2D eigenvalue weighted by Gasteiger charge is -2.42. The predicted octanol–water partition coefficient (Wildman–Crippen LogP) is 2.59. The molecule has 3 fully saturated rings. The second kappa shape index (κ2) is 20.5. The van der Waals surface area contributed by atoms with Crippen molar-refractivity contribution in [3.63, 3.8) is 0 Å². The van der Waals surface area contributed by atoms with E-state index >= 15 is 0 Å². The summed E-state index contributed by atoms with van der Waals surface area (Å²) in [6.07, 6.45) is 3.91. The number of nitrogens with one attached hydrogen (secondary N) is 2. The molecule has 0 spiro atoms. The number of rotatable bonds is 13. The molecule has 17 nitrogen and oxygen atoms in total. The second-order valence-corrected chi connectivity index (χ2v) is 18.5. The van der Waals surface area contributed by atoms with Crippen molar-refractivity contribution in [3.8, 4) is 0 Å². The van der Waals surface area contributed by atoms with Gasteiger partial charge in [0.25, 0.3) is 6.43 Å². The van der Waals surface area contributed by atoms with Gasteiger partial charge in [-0.1, -0.05) is 6.07 Å². The van der Waals surface area contributed by atoms with Gasteiger partial charge in [-0.3, -0.25) is 43.5 Å². The largest absolute Gasteiger partial charge is 0.404 e. The Kier molecular flexibility index (Phi) is 14.6. The number of halogens is 2. The highest BCUT2D eigenvalue weighted by Gasteiger charge is 2.35. The molecule has 6 heterocycles. The number of imidazole rings is 1. The highest BCUT2D eigenvalue weighted by Crippen LogP contribution is 2.38. The van der Waals surface area contributed by atoms with Gasteiger partial charge in [0.1, 0.15) is 12.2 Å². The number of nitrogens with zero attached hydrogens (tertiary/aromatic N) is 8. The Balaban J connectivity index is 0.841. The number of likely N-dealkylation sites (tertiary alicyclic amines) is 1. The summed E-state index contributed by atoms with van der Waals surface area (Å²) >= 11 is 0. The van der Waals surface area contributed by atoms with E-state index < -0.39 is 24.5 Å². The second-order valence-electron chi connectivity index (χ2n) is 18.5. The van der Waals surface area contributed by atoms with E-state index in [4.69, 9.17) is 11.5 Å². The number of fused-ring (bicyclic) bond motifs is 2. The minimum atomic E-state index is -2.74. The van der Waals surface area contributed by atoms with Crippen LogP contribution in [0.4, 0.5) is 14.5 Å². The summed E-state index contributed by atoms with van der Waals surface area (Å²) < 4.78 is 32.2. The number of benzene rings is 2. The van der Waals surface area contributed by atoms with Crippen LogP contribution in [0.2, 0.25) is 0 Å². The SMILES string of the molecule is CN=CC(=CN)c1cc2c(cc1C(F)F)N(C(N)C1=C(NC3CCN(C(=O)CCN4CCN(Cc5ccc6c(c5)n(C)c(=O)n6C5CCC(=O)NC5=O)CC4)CC3)CCN(C(C)=O)C1)CCC2. The molecule has 2 unspecified atom stereocenters. The first-order chi connectivity index (χ1) is 32.2. The Bertz CT molecular complexity index is 2530. The fourth-order valence-corrected chi connectivity index (χ4v) is 10.5. The Morgan fingerprint density at radius 3 is 2.36 bits per heavy atom. The molecule has 0 saturated carbocycles. The average Bonchev–Trinajstić information content (AvgIpc) is 3.57. The summed E-state index contributed by atoms with van der Waals surface area (Å²) in [7, 11) is 3.27. The zero-order valence-corrected chi connectivity index (χ0v) is 38.8. The maximum Gasteiger partial charge on any atom is 0.329 e. The minimum Gasteiger partial charge on any atom is -0.404 e. The van der Waals surface area contributed by atoms with Crippen LogP contribution in [0, 0.1) is 0 Å². The third-order valence-electron chi connectivity index (χ3n) is 14.3. The molecule has 0 aliphatic carbocycles. The minimum absolute atomic E-state index is 0.0505. The van der Waals surface area contributed by atoms with Crippen molar-refractivity contribution in [1.82, 2.24) is 39.4 Å². The van der Waals surface area contributed by atoms with Crippen LogP contribution in [0.1, 0.15) is 86.6 Å². The smallest absolute Gasteiger partial charge is 0.329 e. The van der Waals surface area contributed by atoms with Gasteiger partial charge in [-0.05, 0) is 73.1 Å². The molecule has 19 heteroatoms. The van der Waals surface area contributed by atoms with E-state index in [2.05, 4.69) is 25.4 Å². The molecule has 2 aromatic carbocycles. The normalized spacial score (nSPS) is 21.1. The van der Waals surface area contributed by atoms with Gasteiger partial charge in [-0.15, -0.1) is 0 Å². The molecule has 360 valence electrons. The van der Waals surface area contributed by atoms with E-state index in [9.17, 15) is 32.8 Å². The maximum absolute atomic E-state index is 14.6. The molecule has 0 bridgehead atoms. The molecule has 67 heavy (non-hydrogen) atoms. The van der Waals surface area contributed by atoms with Crippen LogP contribution in [0.15, 0.2) is 57.6 Å². The topological polar surface area (TPSA) is 200 Å². The molecule has 1 aromatic heterocycles. The van der Waals surface area contributed by atoms with Crippen LogP contribution in [0.25, 0.3) is 16.6 Å². The highest BCUT2D eigenvalue weighted by molar-refractivity contribution is 6.10. The van der Waals surface area contributed by atoms with Crippen LogP contribution < -0.4 is 32.7 Å². The predicted molar refractivity (Wildman–Crippen MR) is 253 cm³/mol. The molecule has 6 N–H and O–H groups in total. The highest BCUT2D eigenvalue weighted by atomic mass is 19.3. The molecule has 5 aliphatic rings. The number of allylic oxidation sites excluding steroid dienone is 1. The zero-order chi connectivity index (χ0) is 47.5. The van der Waals surface area contributed by atoms with E-state index in [0.717, 1.165) is 73.4 Å². The van der Waals surface area contributed by atoms with Crippen LogP contribution in [0.5, 0.6) is 0 Å². The van der Waals surface area contributed by atoms with Crippen LogP contribution >= 0.6 is 0 Å². The summed E-state index contributed by atoms with van der Waals surface area (Å²) in [6, 6.07) is 8.61. The lowest BCUT2D eigenvalue weighted by Crippen LogP contribution is -2.53. The number of carbonyl (C=O) groups excluding carboxylic acids is 4. The Hall–Kier alpha value is -5.92. The first kappa shape index (κ1) is 47.6. The maximum atomic E-state index is 14.6. The van der Waals surface area contributed by atoms with E-state index in [1.54, 1.807) is 36.6 Å². The number of amides is 4. The molecule has 3 aromatic rings. The third-order valence-corrected chi connectivity index (χ3v) is 14.3. The van der Waals surface area contributed by atoms with Crippen LogP contribution in [-0.4, -0.2) is 143 Å². The van der Waals surface area contributed by atoms with Gasteiger partial charge in [-0.25, -0.2) is 13.6 Å². The monoisotopic (exact) mass is 927 g/mol. The van der Waals surface area contributed by atoms with Crippen molar-refractivity contribution in [2.24, 2.45) is 23.5 Å². The standard InChI is InChI=1S/C48H64F2N12O5/c1-30(63)60-18-12-38(37(29-60)46(52)61-14-4-5-32-24-35(33(26-51)27-53-2)36(45(49)50)25-41(32)61)54-34-10-16-59(17-11-34)44(65)13-15-57-19-21-58(22-20-57)28-31-6-7-39-42(23-31)56(3)48(67)62(39)40-8-9-43(64)55-47(40)66/h6-7,23-27,34,40,45-46,54H,4-5,8-22,28-29,51-52H2,1-3H3,(H,55,64,66). The van der Waals surface area contributed by atoms with Gasteiger partial charge < -0.3 is 36.4 Å². The molecular weight excluding hydrogens is 863 g/mol. The molecule has 3 saturated heterocycles. The first-order valence-corrected chi connectivity index (χ1v) is 23.6. The number of nitrogens with two attached hydrogens (primary N) is 2.